The Morgan fingerprint density at radius 1 is 1.50 bits per heavy atom. The third-order valence-electron chi connectivity index (χ3n) is 3.38. The van der Waals surface area contributed by atoms with E-state index in [0.29, 0.717) is 25.2 Å². The maximum Gasteiger partial charge on any atom is 0.209 e. The second-order valence-electron chi connectivity index (χ2n) is 5.18. The van der Waals surface area contributed by atoms with Crippen LogP contribution in [0.4, 0.5) is 0 Å². The number of benzene rings is 1. The number of sulfonamides is 1. The fraction of sp³-hybridized carbons (Fsp3) is 0.571. The van der Waals surface area contributed by atoms with E-state index < -0.39 is 16.1 Å². The van der Waals surface area contributed by atoms with Crippen LogP contribution in [0.3, 0.4) is 0 Å². The maximum absolute atomic E-state index is 11.4. The molecule has 112 valence electrons. The summed E-state index contributed by atoms with van der Waals surface area (Å²) in [5.41, 5.74) is 1.60. The molecule has 0 fully saturated rings. The van der Waals surface area contributed by atoms with Crippen molar-refractivity contribution < 1.29 is 18.3 Å². The molecule has 0 saturated heterocycles. The first-order chi connectivity index (χ1) is 9.40. The summed E-state index contributed by atoms with van der Waals surface area (Å²) in [4.78, 5) is 0. The topological polar surface area (TPSA) is 75.6 Å². The van der Waals surface area contributed by atoms with Crippen LogP contribution in [0.5, 0.6) is 5.75 Å². The van der Waals surface area contributed by atoms with Gasteiger partial charge in [0.05, 0.1) is 25.0 Å². The number of ether oxygens (including phenoxy) is 1. The zero-order valence-electron chi connectivity index (χ0n) is 11.8. The summed E-state index contributed by atoms with van der Waals surface area (Å²) < 4.78 is 31.0. The van der Waals surface area contributed by atoms with Gasteiger partial charge in [0.1, 0.15) is 5.75 Å². The molecule has 2 N–H and O–H groups in total. The molecule has 0 bridgehead atoms. The van der Waals surface area contributed by atoms with Gasteiger partial charge in [-0.3, -0.25) is 0 Å². The molecule has 2 unspecified atom stereocenters. The van der Waals surface area contributed by atoms with Gasteiger partial charge in [0.2, 0.25) is 10.0 Å². The molecule has 2 atom stereocenters. The molecule has 1 aliphatic rings. The number of aliphatic hydroxyl groups is 1. The SMILES string of the molecule is CCCC(O)c1ccc2c(c1)C(NS(C)(=O)=O)CCO2. The fourth-order valence-electron chi connectivity index (χ4n) is 2.44. The van der Waals surface area contributed by atoms with Crippen LogP contribution in [0.2, 0.25) is 0 Å². The summed E-state index contributed by atoms with van der Waals surface area (Å²) >= 11 is 0. The highest BCUT2D eigenvalue weighted by Gasteiger charge is 2.25. The van der Waals surface area contributed by atoms with Gasteiger partial charge in [-0.15, -0.1) is 0 Å². The Kier molecular flexibility index (Phi) is 4.67. The van der Waals surface area contributed by atoms with Crippen molar-refractivity contribution in [1.29, 1.82) is 0 Å². The lowest BCUT2D eigenvalue weighted by molar-refractivity contribution is 0.166. The molecule has 0 saturated carbocycles. The van der Waals surface area contributed by atoms with E-state index in [-0.39, 0.29) is 6.04 Å². The Labute approximate surface area is 120 Å². The average Bonchev–Trinajstić information content (AvgIpc) is 2.37. The van der Waals surface area contributed by atoms with Gasteiger partial charge < -0.3 is 9.84 Å². The Hall–Kier alpha value is -1.11. The maximum atomic E-state index is 11.4. The summed E-state index contributed by atoms with van der Waals surface area (Å²) in [5.74, 6) is 0.685. The smallest absolute Gasteiger partial charge is 0.209 e. The van der Waals surface area contributed by atoms with Gasteiger partial charge in [-0.2, -0.15) is 0 Å². The van der Waals surface area contributed by atoms with Crippen molar-refractivity contribution >= 4 is 10.0 Å². The first-order valence-electron chi connectivity index (χ1n) is 6.82. The minimum Gasteiger partial charge on any atom is -0.493 e. The third kappa shape index (κ3) is 3.71. The predicted octanol–water partition coefficient (Wildman–Crippen LogP) is 1.89. The normalized spacial score (nSPS) is 20.1. The van der Waals surface area contributed by atoms with E-state index >= 15 is 0 Å². The lowest BCUT2D eigenvalue weighted by atomic mass is 9.96. The summed E-state index contributed by atoms with van der Waals surface area (Å²) in [6.45, 7) is 2.50. The number of hydrogen-bond acceptors (Lipinski definition) is 4. The van der Waals surface area contributed by atoms with E-state index in [9.17, 15) is 13.5 Å². The molecule has 0 aromatic heterocycles. The van der Waals surface area contributed by atoms with E-state index in [2.05, 4.69) is 4.72 Å². The minimum atomic E-state index is -3.28. The van der Waals surface area contributed by atoms with Crippen molar-refractivity contribution in [3.05, 3.63) is 29.3 Å². The second kappa shape index (κ2) is 6.11. The Balaban J connectivity index is 2.31. The molecule has 0 spiro atoms. The van der Waals surface area contributed by atoms with E-state index in [1.165, 1.54) is 0 Å². The van der Waals surface area contributed by atoms with Crippen LogP contribution in [0.1, 0.15) is 49.5 Å². The second-order valence-corrected chi connectivity index (χ2v) is 6.96. The van der Waals surface area contributed by atoms with Crippen LogP contribution in [0.15, 0.2) is 18.2 Å². The standard InChI is InChI=1S/C14H21NO4S/c1-3-4-13(16)10-5-6-14-11(9-10)12(7-8-19-14)15-20(2,17)18/h5-6,9,12-13,15-16H,3-4,7-8H2,1-2H3. The van der Waals surface area contributed by atoms with E-state index in [4.69, 9.17) is 4.74 Å². The molecule has 1 aliphatic heterocycles. The van der Waals surface area contributed by atoms with Crippen molar-refractivity contribution in [1.82, 2.24) is 4.72 Å². The largest absolute Gasteiger partial charge is 0.493 e. The van der Waals surface area contributed by atoms with E-state index in [1.54, 1.807) is 6.07 Å². The predicted molar refractivity (Wildman–Crippen MR) is 77.1 cm³/mol. The number of hydrogen-bond donors (Lipinski definition) is 2. The van der Waals surface area contributed by atoms with E-state index in [1.807, 2.05) is 19.1 Å². The van der Waals surface area contributed by atoms with Gasteiger partial charge in [0.25, 0.3) is 0 Å². The highest BCUT2D eigenvalue weighted by Crippen LogP contribution is 2.35. The molecule has 2 rings (SSSR count). The average molecular weight is 299 g/mol. The van der Waals surface area contributed by atoms with Gasteiger partial charge in [0.15, 0.2) is 0 Å². The van der Waals surface area contributed by atoms with Gasteiger partial charge in [0, 0.05) is 12.0 Å². The molecule has 6 heteroatoms. The fourth-order valence-corrected chi connectivity index (χ4v) is 3.20. The Bertz CT molecular complexity index is 571. The molecular formula is C14H21NO4S. The van der Waals surface area contributed by atoms with Crippen molar-refractivity contribution in [3.63, 3.8) is 0 Å². The first-order valence-corrected chi connectivity index (χ1v) is 8.72. The molecule has 1 aromatic rings. The highest BCUT2D eigenvalue weighted by atomic mass is 32.2. The van der Waals surface area contributed by atoms with Crippen molar-refractivity contribution in [2.24, 2.45) is 0 Å². The lowest BCUT2D eigenvalue weighted by Crippen LogP contribution is -2.31. The summed E-state index contributed by atoms with van der Waals surface area (Å²) in [7, 11) is -3.28. The van der Waals surface area contributed by atoms with E-state index in [0.717, 1.165) is 23.8 Å². The molecule has 1 aromatic carbocycles. The van der Waals surface area contributed by atoms with Crippen LogP contribution >= 0.6 is 0 Å². The molecule has 20 heavy (non-hydrogen) atoms. The van der Waals surface area contributed by atoms with Gasteiger partial charge in [-0.05, 0) is 24.1 Å². The summed E-state index contributed by atoms with van der Waals surface area (Å²) in [6, 6.07) is 5.20. The monoisotopic (exact) mass is 299 g/mol. The third-order valence-corrected chi connectivity index (χ3v) is 4.09. The van der Waals surface area contributed by atoms with Gasteiger partial charge in [-0.1, -0.05) is 19.4 Å². The molecule has 0 aliphatic carbocycles. The van der Waals surface area contributed by atoms with Crippen LogP contribution in [0, 0.1) is 0 Å². The van der Waals surface area contributed by atoms with Gasteiger partial charge >= 0.3 is 0 Å². The zero-order valence-corrected chi connectivity index (χ0v) is 12.6. The molecule has 0 radical (unpaired) electrons. The Morgan fingerprint density at radius 3 is 2.90 bits per heavy atom. The molecule has 0 amide bonds. The molecule has 5 nitrogen and oxygen atoms in total. The number of nitrogens with one attached hydrogen (secondary N) is 1. The van der Waals surface area contributed by atoms with Gasteiger partial charge in [-0.25, -0.2) is 13.1 Å². The van der Waals surface area contributed by atoms with Crippen molar-refractivity contribution in [2.75, 3.05) is 12.9 Å². The molecular weight excluding hydrogens is 278 g/mol. The summed E-state index contributed by atoms with van der Waals surface area (Å²) in [5, 5.41) is 10.1. The van der Waals surface area contributed by atoms with Crippen molar-refractivity contribution in [3.8, 4) is 5.75 Å². The number of aliphatic hydroxyl groups excluding tert-OH is 1. The minimum absolute atomic E-state index is 0.289. The summed E-state index contributed by atoms with van der Waals surface area (Å²) in [6.07, 6.45) is 2.79. The quantitative estimate of drug-likeness (QED) is 0.870. The first kappa shape index (κ1) is 15.3. The van der Waals surface area contributed by atoms with Crippen LogP contribution < -0.4 is 9.46 Å². The van der Waals surface area contributed by atoms with Crippen molar-refractivity contribution in [2.45, 2.75) is 38.3 Å². The molecule has 1 heterocycles. The highest BCUT2D eigenvalue weighted by molar-refractivity contribution is 7.88. The Morgan fingerprint density at radius 2 is 2.25 bits per heavy atom. The number of fused-ring (bicyclic) bond motifs is 1. The zero-order chi connectivity index (χ0) is 14.8. The van der Waals surface area contributed by atoms with Crippen LogP contribution in [-0.4, -0.2) is 26.4 Å². The lowest BCUT2D eigenvalue weighted by Gasteiger charge is -2.27. The number of rotatable bonds is 5. The van der Waals surface area contributed by atoms with Crippen LogP contribution in [0.25, 0.3) is 0 Å². The van der Waals surface area contributed by atoms with Crippen LogP contribution in [-0.2, 0) is 10.0 Å².